The number of rotatable bonds is 2. The fraction of sp³-hybridized carbons (Fsp3) is 0.154. The molecule has 0 unspecified atom stereocenters. The lowest BCUT2D eigenvalue weighted by atomic mass is 10.3. The van der Waals surface area contributed by atoms with Crippen molar-refractivity contribution in [2.75, 3.05) is 6.61 Å². The number of carbonyl (C=O) groups excluding carboxylic acids is 1. The van der Waals surface area contributed by atoms with Crippen LogP contribution in [0.1, 0.15) is 17.3 Å². The van der Waals surface area contributed by atoms with Crippen LogP contribution in [0.15, 0.2) is 24.5 Å². The van der Waals surface area contributed by atoms with Gasteiger partial charge < -0.3 is 4.74 Å². The standard InChI is InChI=1S/C13H9Cl2N3O2/c1-2-20-13(19)9-10(14)8-4-3-7-12(17-6-5-16-7)18(8)11(9)15/h3-6H,2H2,1H3. The van der Waals surface area contributed by atoms with Crippen molar-refractivity contribution in [3.8, 4) is 0 Å². The summed E-state index contributed by atoms with van der Waals surface area (Å²) in [4.78, 5) is 20.4. The van der Waals surface area contributed by atoms with Crippen molar-refractivity contribution in [2.45, 2.75) is 6.92 Å². The highest BCUT2D eigenvalue weighted by Crippen LogP contribution is 2.34. The van der Waals surface area contributed by atoms with Gasteiger partial charge in [-0.1, -0.05) is 23.2 Å². The second-order valence-corrected chi connectivity index (χ2v) is 4.76. The minimum absolute atomic E-state index is 0.147. The number of halogens is 2. The number of aromatic nitrogens is 3. The fourth-order valence-electron chi connectivity index (χ4n) is 2.06. The highest BCUT2D eigenvalue weighted by molar-refractivity contribution is 6.42. The van der Waals surface area contributed by atoms with E-state index in [4.69, 9.17) is 27.9 Å². The minimum Gasteiger partial charge on any atom is -0.462 e. The minimum atomic E-state index is -0.553. The molecule has 0 aliphatic heterocycles. The lowest BCUT2D eigenvalue weighted by Gasteiger charge is -2.02. The summed E-state index contributed by atoms with van der Waals surface area (Å²) < 4.78 is 6.57. The molecule has 0 bridgehead atoms. The Labute approximate surface area is 124 Å². The molecule has 0 aliphatic carbocycles. The predicted molar refractivity (Wildman–Crippen MR) is 76.5 cm³/mol. The van der Waals surface area contributed by atoms with Crippen LogP contribution in [0.3, 0.4) is 0 Å². The van der Waals surface area contributed by atoms with Gasteiger partial charge in [0.1, 0.15) is 16.2 Å². The summed E-state index contributed by atoms with van der Waals surface area (Å²) in [7, 11) is 0. The first-order chi connectivity index (χ1) is 9.65. The van der Waals surface area contributed by atoms with Crippen molar-refractivity contribution < 1.29 is 9.53 Å². The molecule has 0 atom stereocenters. The van der Waals surface area contributed by atoms with Crippen LogP contribution in [0.5, 0.6) is 0 Å². The van der Waals surface area contributed by atoms with Gasteiger partial charge >= 0.3 is 5.97 Å². The third kappa shape index (κ3) is 1.82. The molecule has 7 heteroatoms. The van der Waals surface area contributed by atoms with E-state index in [0.29, 0.717) is 16.7 Å². The predicted octanol–water partition coefficient (Wildman–Crippen LogP) is 3.37. The molecule has 0 aliphatic rings. The number of nitrogens with zero attached hydrogens (tertiary/aromatic N) is 3. The van der Waals surface area contributed by atoms with Crippen LogP contribution in [-0.2, 0) is 4.74 Å². The van der Waals surface area contributed by atoms with Gasteiger partial charge in [0, 0.05) is 12.4 Å². The van der Waals surface area contributed by atoms with E-state index in [-0.39, 0.29) is 22.3 Å². The number of hydrogen-bond donors (Lipinski definition) is 0. The van der Waals surface area contributed by atoms with Gasteiger partial charge in [-0.2, -0.15) is 0 Å². The maximum atomic E-state index is 12.0. The van der Waals surface area contributed by atoms with Crippen molar-refractivity contribution in [3.05, 3.63) is 40.3 Å². The molecule has 20 heavy (non-hydrogen) atoms. The van der Waals surface area contributed by atoms with Gasteiger partial charge in [-0.15, -0.1) is 0 Å². The molecule has 3 heterocycles. The molecular formula is C13H9Cl2N3O2. The molecule has 0 saturated carbocycles. The zero-order chi connectivity index (χ0) is 14.3. The van der Waals surface area contributed by atoms with E-state index in [1.165, 1.54) is 0 Å². The molecule has 5 nitrogen and oxygen atoms in total. The van der Waals surface area contributed by atoms with Crippen molar-refractivity contribution in [1.82, 2.24) is 14.4 Å². The van der Waals surface area contributed by atoms with Gasteiger partial charge in [0.25, 0.3) is 0 Å². The van der Waals surface area contributed by atoms with E-state index in [0.717, 1.165) is 0 Å². The van der Waals surface area contributed by atoms with Gasteiger partial charge in [0.05, 0.1) is 17.1 Å². The number of esters is 1. The Morgan fingerprint density at radius 3 is 2.80 bits per heavy atom. The fourth-order valence-corrected chi connectivity index (χ4v) is 2.76. The Balaban J connectivity index is 2.40. The number of hydrogen-bond acceptors (Lipinski definition) is 4. The lowest BCUT2D eigenvalue weighted by Crippen LogP contribution is -2.04. The molecule has 0 spiro atoms. The summed E-state index contributed by atoms with van der Waals surface area (Å²) in [6.45, 7) is 1.97. The Morgan fingerprint density at radius 1 is 1.30 bits per heavy atom. The van der Waals surface area contributed by atoms with E-state index in [2.05, 4.69) is 9.97 Å². The number of ether oxygens (including phenoxy) is 1. The molecule has 0 radical (unpaired) electrons. The van der Waals surface area contributed by atoms with Crippen LogP contribution in [0, 0.1) is 0 Å². The summed E-state index contributed by atoms with van der Waals surface area (Å²) in [5.74, 6) is -0.553. The highest BCUT2D eigenvalue weighted by atomic mass is 35.5. The number of carbonyl (C=O) groups is 1. The molecular weight excluding hydrogens is 301 g/mol. The quantitative estimate of drug-likeness (QED) is 0.681. The van der Waals surface area contributed by atoms with Crippen molar-refractivity contribution in [1.29, 1.82) is 0 Å². The maximum Gasteiger partial charge on any atom is 0.342 e. The molecule has 0 aromatic carbocycles. The van der Waals surface area contributed by atoms with Gasteiger partial charge in [-0.3, -0.25) is 9.38 Å². The van der Waals surface area contributed by atoms with Crippen LogP contribution < -0.4 is 0 Å². The first-order valence-electron chi connectivity index (χ1n) is 5.91. The average Bonchev–Trinajstić information content (AvgIpc) is 2.71. The topological polar surface area (TPSA) is 56.5 Å². The summed E-state index contributed by atoms with van der Waals surface area (Å²) in [5.41, 5.74) is 1.93. The summed E-state index contributed by atoms with van der Waals surface area (Å²) in [6.07, 6.45) is 3.13. The van der Waals surface area contributed by atoms with Crippen LogP contribution in [-0.4, -0.2) is 26.9 Å². The monoisotopic (exact) mass is 309 g/mol. The van der Waals surface area contributed by atoms with Gasteiger partial charge in [0.2, 0.25) is 0 Å². The SMILES string of the molecule is CCOC(=O)c1c(Cl)c2ccc3nccnc3n2c1Cl. The van der Waals surface area contributed by atoms with Crippen molar-refractivity contribution in [2.24, 2.45) is 0 Å². The largest absolute Gasteiger partial charge is 0.462 e. The Hall–Kier alpha value is -1.85. The van der Waals surface area contributed by atoms with E-state index in [1.807, 2.05) is 0 Å². The zero-order valence-corrected chi connectivity index (χ0v) is 11.9. The third-order valence-corrected chi connectivity index (χ3v) is 3.63. The van der Waals surface area contributed by atoms with E-state index in [9.17, 15) is 4.79 Å². The van der Waals surface area contributed by atoms with Crippen LogP contribution in [0.25, 0.3) is 16.7 Å². The number of pyridine rings is 1. The Bertz CT molecular complexity index is 829. The summed E-state index contributed by atoms with van der Waals surface area (Å²) in [5, 5.41) is 0.426. The van der Waals surface area contributed by atoms with Crippen molar-refractivity contribution in [3.63, 3.8) is 0 Å². The van der Waals surface area contributed by atoms with Crippen LogP contribution in [0.4, 0.5) is 0 Å². The Morgan fingerprint density at radius 2 is 2.05 bits per heavy atom. The first kappa shape index (κ1) is 13.1. The third-order valence-electron chi connectivity index (χ3n) is 2.88. The molecule has 0 N–H and O–H groups in total. The maximum absolute atomic E-state index is 12.0. The highest BCUT2D eigenvalue weighted by Gasteiger charge is 2.24. The van der Waals surface area contributed by atoms with E-state index in [1.54, 1.807) is 35.9 Å². The number of fused-ring (bicyclic) bond motifs is 3. The smallest absolute Gasteiger partial charge is 0.342 e. The van der Waals surface area contributed by atoms with Gasteiger partial charge in [0.15, 0.2) is 5.65 Å². The van der Waals surface area contributed by atoms with Crippen molar-refractivity contribution >= 4 is 45.9 Å². The first-order valence-corrected chi connectivity index (χ1v) is 6.67. The summed E-state index contributed by atoms with van der Waals surface area (Å²) in [6, 6.07) is 3.52. The lowest BCUT2D eigenvalue weighted by molar-refractivity contribution is 0.0527. The molecule has 3 rings (SSSR count). The van der Waals surface area contributed by atoms with Crippen LogP contribution in [0.2, 0.25) is 10.2 Å². The second-order valence-electron chi connectivity index (χ2n) is 4.02. The molecule has 102 valence electrons. The van der Waals surface area contributed by atoms with Crippen LogP contribution >= 0.6 is 23.2 Å². The molecule has 3 aromatic rings. The molecule has 0 saturated heterocycles. The van der Waals surface area contributed by atoms with E-state index < -0.39 is 5.97 Å². The Kier molecular flexibility index (Phi) is 3.23. The average molecular weight is 310 g/mol. The van der Waals surface area contributed by atoms with Gasteiger partial charge in [-0.05, 0) is 19.1 Å². The van der Waals surface area contributed by atoms with Gasteiger partial charge in [-0.25, -0.2) is 9.78 Å². The zero-order valence-electron chi connectivity index (χ0n) is 10.4. The molecule has 0 fully saturated rings. The van der Waals surface area contributed by atoms with E-state index >= 15 is 0 Å². The normalized spacial score (nSPS) is 11.2. The molecule has 0 amide bonds. The summed E-state index contributed by atoms with van der Waals surface area (Å²) >= 11 is 12.5. The second kappa shape index (κ2) is 4.92. The molecule has 3 aromatic heterocycles.